The van der Waals surface area contributed by atoms with Crippen molar-refractivity contribution >= 4 is 17.3 Å². The zero-order chi connectivity index (χ0) is 25.2. The SMILES string of the molecule is CCC(C)CC(N)CN1CCC[C@H](N(CC=C(C)C)c2ccc(CCc3ccc(Cl)cc3)cc2)C1. The van der Waals surface area contributed by atoms with Gasteiger partial charge in [-0.2, -0.15) is 0 Å². The summed E-state index contributed by atoms with van der Waals surface area (Å²) in [6.07, 6.45) is 9.26. The highest BCUT2D eigenvalue weighted by Crippen LogP contribution is 2.25. The third kappa shape index (κ3) is 9.29. The molecule has 192 valence electrons. The molecular weight excluding hydrogens is 450 g/mol. The first-order valence-corrected chi connectivity index (χ1v) is 13.9. The van der Waals surface area contributed by atoms with Gasteiger partial charge in [0, 0.05) is 42.4 Å². The molecule has 2 aromatic carbocycles. The van der Waals surface area contributed by atoms with E-state index in [1.807, 2.05) is 12.1 Å². The van der Waals surface area contributed by atoms with Gasteiger partial charge in [0.15, 0.2) is 0 Å². The molecule has 2 unspecified atom stereocenters. The molecule has 0 aromatic heterocycles. The summed E-state index contributed by atoms with van der Waals surface area (Å²) in [5, 5.41) is 0.799. The first kappa shape index (κ1) is 27.8. The zero-order valence-electron chi connectivity index (χ0n) is 22.3. The van der Waals surface area contributed by atoms with Gasteiger partial charge in [0.05, 0.1) is 0 Å². The van der Waals surface area contributed by atoms with Crippen molar-refractivity contribution in [3.8, 4) is 0 Å². The molecule has 2 N–H and O–H groups in total. The molecule has 0 saturated carbocycles. The molecule has 3 rings (SSSR count). The lowest BCUT2D eigenvalue weighted by Gasteiger charge is -2.41. The van der Waals surface area contributed by atoms with Crippen LogP contribution in [0.5, 0.6) is 0 Å². The molecule has 1 aliphatic heterocycles. The zero-order valence-corrected chi connectivity index (χ0v) is 23.1. The van der Waals surface area contributed by atoms with E-state index in [4.69, 9.17) is 17.3 Å². The second-order valence-electron chi connectivity index (χ2n) is 10.8. The molecule has 1 heterocycles. The first-order valence-electron chi connectivity index (χ1n) is 13.5. The lowest BCUT2D eigenvalue weighted by atomic mass is 9.97. The third-order valence-electron chi connectivity index (χ3n) is 7.40. The van der Waals surface area contributed by atoms with Crippen molar-refractivity contribution in [2.24, 2.45) is 11.7 Å². The van der Waals surface area contributed by atoms with E-state index in [0.717, 1.165) is 43.9 Å². The van der Waals surface area contributed by atoms with Crippen LogP contribution in [0.25, 0.3) is 0 Å². The fourth-order valence-electron chi connectivity index (χ4n) is 5.08. The standard InChI is InChI=1S/C31H46ClN3/c1-5-25(4)21-29(33)22-34-19-6-7-31(23-34)35(20-18-24(2)3)30-16-12-27(13-17-30)9-8-26-10-14-28(32)15-11-26/h10-18,25,29,31H,5-9,19-23,33H2,1-4H3/t25?,29?,31-/m0/s1. The van der Waals surface area contributed by atoms with Crippen molar-refractivity contribution in [3.05, 3.63) is 76.3 Å². The predicted octanol–water partition coefficient (Wildman–Crippen LogP) is 7.13. The monoisotopic (exact) mass is 495 g/mol. The molecule has 3 nitrogen and oxygen atoms in total. The van der Waals surface area contributed by atoms with E-state index in [9.17, 15) is 0 Å². The van der Waals surface area contributed by atoms with Gasteiger partial charge < -0.3 is 10.6 Å². The summed E-state index contributed by atoms with van der Waals surface area (Å²) < 4.78 is 0. The molecule has 0 aliphatic carbocycles. The van der Waals surface area contributed by atoms with Gasteiger partial charge in [0.2, 0.25) is 0 Å². The maximum Gasteiger partial charge on any atom is 0.0421 e. The number of halogens is 1. The molecule has 1 fully saturated rings. The Morgan fingerprint density at radius 1 is 1.09 bits per heavy atom. The van der Waals surface area contributed by atoms with Crippen LogP contribution >= 0.6 is 11.6 Å². The average molecular weight is 496 g/mol. The van der Waals surface area contributed by atoms with Crippen molar-refractivity contribution in [2.45, 2.75) is 78.3 Å². The minimum Gasteiger partial charge on any atom is -0.364 e. The molecule has 1 aliphatic rings. The molecule has 1 saturated heterocycles. The molecule has 35 heavy (non-hydrogen) atoms. The molecule has 0 bridgehead atoms. The molecule has 0 radical (unpaired) electrons. The Kier molecular flexibility index (Phi) is 11.2. The number of piperidine rings is 1. The number of hydrogen-bond acceptors (Lipinski definition) is 3. The van der Waals surface area contributed by atoms with Crippen LogP contribution in [-0.2, 0) is 12.8 Å². The summed E-state index contributed by atoms with van der Waals surface area (Å²) in [4.78, 5) is 5.22. The quantitative estimate of drug-likeness (QED) is 0.318. The molecule has 0 spiro atoms. The molecule has 0 amide bonds. The fraction of sp³-hybridized carbons (Fsp3) is 0.548. The van der Waals surface area contributed by atoms with E-state index in [0.29, 0.717) is 12.0 Å². The van der Waals surface area contributed by atoms with Crippen molar-refractivity contribution in [1.29, 1.82) is 0 Å². The van der Waals surface area contributed by atoms with Gasteiger partial charge in [0.25, 0.3) is 0 Å². The number of rotatable bonds is 12. The van der Waals surface area contributed by atoms with Crippen LogP contribution in [0.15, 0.2) is 60.2 Å². The van der Waals surface area contributed by atoms with E-state index in [1.54, 1.807) is 0 Å². The van der Waals surface area contributed by atoms with E-state index in [1.165, 1.54) is 48.2 Å². The number of aryl methyl sites for hydroxylation is 2. The maximum atomic E-state index is 6.54. The highest BCUT2D eigenvalue weighted by atomic mass is 35.5. The summed E-state index contributed by atoms with van der Waals surface area (Å²) in [7, 11) is 0. The summed E-state index contributed by atoms with van der Waals surface area (Å²) in [5.41, 5.74) is 11.9. The van der Waals surface area contributed by atoms with Crippen LogP contribution in [0, 0.1) is 5.92 Å². The van der Waals surface area contributed by atoms with Gasteiger partial charge >= 0.3 is 0 Å². The van der Waals surface area contributed by atoms with E-state index < -0.39 is 0 Å². The lowest BCUT2D eigenvalue weighted by molar-refractivity contribution is 0.187. The minimum absolute atomic E-state index is 0.273. The summed E-state index contributed by atoms with van der Waals surface area (Å²) in [6, 6.07) is 18.3. The van der Waals surface area contributed by atoms with E-state index >= 15 is 0 Å². The van der Waals surface area contributed by atoms with Gasteiger partial charge in [-0.15, -0.1) is 0 Å². The third-order valence-corrected chi connectivity index (χ3v) is 7.65. The van der Waals surface area contributed by atoms with Crippen molar-refractivity contribution in [1.82, 2.24) is 4.90 Å². The predicted molar refractivity (Wildman–Crippen MR) is 154 cm³/mol. The highest BCUT2D eigenvalue weighted by Gasteiger charge is 2.26. The van der Waals surface area contributed by atoms with Gasteiger partial charge in [-0.1, -0.05) is 67.8 Å². The Morgan fingerprint density at radius 2 is 1.71 bits per heavy atom. The maximum absolute atomic E-state index is 6.54. The summed E-state index contributed by atoms with van der Waals surface area (Å²) in [5.74, 6) is 0.706. The Labute approximate surface area is 219 Å². The van der Waals surface area contributed by atoms with Gasteiger partial charge in [-0.05, 0) is 93.8 Å². The van der Waals surface area contributed by atoms with Gasteiger partial charge in [-0.3, -0.25) is 4.90 Å². The molecule has 2 aromatic rings. The number of hydrogen-bond donors (Lipinski definition) is 1. The lowest BCUT2D eigenvalue weighted by Crippen LogP contribution is -2.51. The topological polar surface area (TPSA) is 32.5 Å². The molecule has 4 heteroatoms. The smallest absolute Gasteiger partial charge is 0.0421 e. The van der Waals surface area contributed by atoms with Crippen LogP contribution in [-0.4, -0.2) is 43.2 Å². The number of allylic oxidation sites excluding steroid dienone is 1. The number of nitrogens with two attached hydrogens (primary N) is 1. The van der Waals surface area contributed by atoms with Gasteiger partial charge in [0.1, 0.15) is 0 Å². The van der Waals surface area contributed by atoms with Gasteiger partial charge in [-0.25, -0.2) is 0 Å². The van der Waals surface area contributed by atoms with Crippen LogP contribution in [0.1, 0.15) is 64.5 Å². The Balaban J connectivity index is 1.65. The number of nitrogens with zero attached hydrogens (tertiary/aromatic N) is 2. The minimum atomic E-state index is 0.273. The Morgan fingerprint density at radius 3 is 2.31 bits per heavy atom. The fourth-order valence-corrected chi connectivity index (χ4v) is 5.21. The normalized spacial score (nSPS) is 18.2. The Hall–Kier alpha value is -1.81. The van der Waals surface area contributed by atoms with Crippen molar-refractivity contribution < 1.29 is 0 Å². The van der Waals surface area contributed by atoms with Crippen LogP contribution in [0.3, 0.4) is 0 Å². The van der Waals surface area contributed by atoms with Crippen LogP contribution < -0.4 is 10.6 Å². The van der Waals surface area contributed by atoms with E-state index in [2.05, 4.69) is 80.0 Å². The summed E-state index contributed by atoms with van der Waals surface area (Å²) >= 11 is 6.03. The Bertz CT molecular complexity index is 902. The number of benzene rings is 2. The second-order valence-corrected chi connectivity index (χ2v) is 11.2. The molecular formula is C31H46ClN3. The number of likely N-dealkylation sites (tertiary alicyclic amines) is 1. The first-order chi connectivity index (χ1) is 16.8. The average Bonchev–Trinajstić information content (AvgIpc) is 2.84. The van der Waals surface area contributed by atoms with E-state index in [-0.39, 0.29) is 6.04 Å². The largest absolute Gasteiger partial charge is 0.364 e. The van der Waals surface area contributed by atoms with Crippen LogP contribution in [0.2, 0.25) is 5.02 Å². The van der Waals surface area contributed by atoms with Crippen molar-refractivity contribution in [3.63, 3.8) is 0 Å². The highest BCUT2D eigenvalue weighted by molar-refractivity contribution is 6.30. The van der Waals surface area contributed by atoms with Crippen LogP contribution in [0.4, 0.5) is 5.69 Å². The van der Waals surface area contributed by atoms with Crippen molar-refractivity contribution in [2.75, 3.05) is 31.1 Å². The number of anilines is 1. The molecule has 3 atom stereocenters. The second kappa shape index (κ2) is 14.1. The summed E-state index contributed by atoms with van der Waals surface area (Å²) in [6.45, 7) is 13.2.